The maximum Gasteiger partial charge on any atom is 0.176 e. The number of para-hydroxylation sites is 2. The molecule has 108 valence electrons. The van der Waals surface area contributed by atoms with Crippen LogP contribution >= 0.6 is 0 Å². The van der Waals surface area contributed by atoms with Gasteiger partial charge in [-0.25, -0.2) is 4.39 Å². The van der Waals surface area contributed by atoms with Crippen molar-refractivity contribution in [3.05, 3.63) is 60.1 Å². The van der Waals surface area contributed by atoms with Gasteiger partial charge in [-0.2, -0.15) is 0 Å². The van der Waals surface area contributed by atoms with E-state index in [-0.39, 0.29) is 11.9 Å². The van der Waals surface area contributed by atoms with Gasteiger partial charge in [-0.15, -0.1) is 0 Å². The molecule has 0 saturated heterocycles. The van der Waals surface area contributed by atoms with Crippen molar-refractivity contribution < 1.29 is 13.5 Å². The first kappa shape index (κ1) is 13.5. The molecule has 1 unspecified atom stereocenters. The Balaban J connectivity index is 1.91. The molecule has 4 heteroatoms. The number of anilines is 1. The number of nitrogens with one attached hydrogen (secondary N) is 1. The summed E-state index contributed by atoms with van der Waals surface area (Å²) in [6, 6.07) is 14.1. The normalized spacial score (nSPS) is 12.3. The topological polar surface area (TPSA) is 34.4 Å². The van der Waals surface area contributed by atoms with Crippen LogP contribution in [0.25, 0.3) is 11.0 Å². The first-order valence-corrected chi connectivity index (χ1v) is 6.76. The fourth-order valence-corrected chi connectivity index (χ4v) is 2.31. The molecule has 1 N–H and O–H groups in total. The molecule has 0 fully saturated rings. The van der Waals surface area contributed by atoms with Crippen molar-refractivity contribution in [2.24, 2.45) is 0 Å². The van der Waals surface area contributed by atoms with Gasteiger partial charge in [-0.1, -0.05) is 24.3 Å². The van der Waals surface area contributed by atoms with Gasteiger partial charge in [-0.05, 0) is 31.2 Å². The highest BCUT2D eigenvalue weighted by molar-refractivity contribution is 5.83. The Morgan fingerprint density at radius 3 is 2.71 bits per heavy atom. The molecule has 3 rings (SSSR count). The number of furan rings is 1. The van der Waals surface area contributed by atoms with E-state index < -0.39 is 0 Å². The van der Waals surface area contributed by atoms with Gasteiger partial charge in [0.25, 0.3) is 0 Å². The smallest absolute Gasteiger partial charge is 0.176 e. The summed E-state index contributed by atoms with van der Waals surface area (Å²) < 4.78 is 24.8. The minimum Gasteiger partial charge on any atom is -0.493 e. The first-order chi connectivity index (χ1) is 10.2. The van der Waals surface area contributed by atoms with Gasteiger partial charge in [0.1, 0.15) is 11.6 Å². The van der Waals surface area contributed by atoms with E-state index in [0.717, 1.165) is 11.1 Å². The van der Waals surface area contributed by atoms with E-state index in [1.807, 2.05) is 31.2 Å². The van der Waals surface area contributed by atoms with E-state index >= 15 is 0 Å². The average Bonchev–Trinajstić information content (AvgIpc) is 2.93. The monoisotopic (exact) mass is 285 g/mol. The Kier molecular flexibility index (Phi) is 3.52. The van der Waals surface area contributed by atoms with E-state index in [0.29, 0.717) is 17.0 Å². The lowest BCUT2D eigenvalue weighted by molar-refractivity contribution is 0.406. The second-order valence-corrected chi connectivity index (χ2v) is 4.87. The molecule has 3 nitrogen and oxygen atoms in total. The van der Waals surface area contributed by atoms with E-state index in [1.54, 1.807) is 25.3 Å². The van der Waals surface area contributed by atoms with Gasteiger partial charge >= 0.3 is 0 Å². The maximum atomic E-state index is 13.7. The molecule has 0 aliphatic heterocycles. The summed E-state index contributed by atoms with van der Waals surface area (Å²) in [5.41, 5.74) is 1.16. The SMILES string of the molecule is COc1cccc2cc(C(C)Nc3ccccc3F)oc12. The second-order valence-electron chi connectivity index (χ2n) is 4.87. The number of benzene rings is 2. The molecule has 2 aromatic carbocycles. The molecule has 0 aliphatic rings. The molecule has 1 aromatic heterocycles. The van der Waals surface area contributed by atoms with Crippen molar-refractivity contribution in [1.82, 2.24) is 0 Å². The van der Waals surface area contributed by atoms with E-state index in [2.05, 4.69) is 5.32 Å². The van der Waals surface area contributed by atoms with Crippen molar-refractivity contribution in [2.45, 2.75) is 13.0 Å². The van der Waals surface area contributed by atoms with Crippen LogP contribution in [0.1, 0.15) is 18.7 Å². The molecule has 0 bridgehead atoms. The molecular formula is C17H16FNO2. The van der Waals surface area contributed by atoms with Gasteiger partial charge in [0.2, 0.25) is 0 Å². The van der Waals surface area contributed by atoms with Crippen LogP contribution in [0.5, 0.6) is 5.75 Å². The number of hydrogen-bond acceptors (Lipinski definition) is 3. The van der Waals surface area contributed by atoms with Crippen LogP contribution in [0.3, 0.4) is 0 Å². The van der Waals surface area contributed by atoms with Crippen LogP contribution in [-0.4, -0.2) is 7.11 Å². The number of hydrogen-bond donors (Lipinski definition) is 1. The standard InChI is InChI=1S/C17H16FNO2/c1-11(19-14-8-4-3-7-13(14)18)16-10-12-6-5-9-15(20-2)17(12)21-16/h3-11,19H,1-2H3. The molecule has 1 atom stereocenters. The third-order valence-corrected chi connectivity index (χ3v) is 3.42. The molecule has 3 aromatic rings. The quantitative estimate of drug-likeness (QED) is 0.751. The zero-order valence-electron chi connectivity index (χ0n) is 11.9. The molecule has 0 radical (unpaired) electrons. The van der Waals surface area contributed by atoms with Gasteiger partial charge in [-0.3, -0.25) is 0 Å². The molecular weight excluding hydrogens is 269 g/mol. The third-order valence-electron chi connectivity index (χ3n) is 3.42. The average molecular weight is 285 g/mol. The highest BCUT2D eigenvalue weighted by Gasteiger charge is 2.15. The highest BCUT2D eigenvalue weighted by Crippen LogP contribution is 2.32. The van der Waals surface area contributed by atoms with E-state index in [1.165, 1.54) is 6.07 Å². The van der Waals surface area contributed by atoms with Crippen LogP contribution < -0.4 is 10.1 Å². The van der Waals surface area contributed by atoms with Crippen LogP contribution in [-0.2, 0) is 0 Å². The van der Waals surface area contributed by atoms with Crippen molar-refractivity contribution in [1.29, 1.82) is 0 Å². The second kappa shape index (κ2) is 5.48. The molecule has 1 heterocycles. The Labute approximate surface area is 122 Å². The summed E-state index contributed by atoms with van der Waals surface area (Å²) >= 11 is 0. The Morgan fingerprint density at radius 2 is 1.95 bits per heavy atom. The predicted molar refractivity (Wildman–Crippen MR) is 81.2 cm³/mol. The minimum atomic E-state index is -0.280. The number of fused-ring (bicyclic) bond motifs is 1. The van der Waals surface area contributed by atoms with Crippen molar-refractivity contribution in [2.75, 3.05) is 12.4 Å². The van der Waals surface area contributed by atoms with Crippen LogP contribution in [0.2, 0.25) is 0 Å². The summed E-state index contributed by atoms with van der Waals surface area (Å²) in [5, 5.41) is 4.08. The largest absolute Gasteiger partial charge is 0.493 e. The third kappa shape index (κ3) is 2.57. The highest BCUT2D eigenvalue weighted by atomic mass is 19.1. The van der Waals surface area contributed by atoms with Crippen LogP contribution in [0.4, 0.5) is 10.1 Å². The molecule has 0 saturated carbocycles. The summed E-state index contributed by atoms with van der Waals surface area (Å²) in [7, 11) is 1.61. The predicted octanol–water partition coefficient (Wildman–Crippen LogP) is 4.75. The first-order valence-electron chi connectivity index (χ1n) is 6.76. The van der Waals surface area contributed by atoms with E-state index in [4.69, 9.17) is 9.15 Å². The number of rotatable bonds is 4. The van der Waals surface area contributed by atoms with E-state index in [9.17, 15) is 4.39 Å². The lowest BCUT2D eigenvalue weighted by Crippen LogP contribution is -2.06. The number of halogens is 1. The summed E-state index contributed by atoms with van der Waals surface area (Å²) in [6.07, 6.45) is 0. The maximum absolute atomic E-state index is 13.7. The van der Waals surface area contributed by atoms with Gasteiger partial charge in [0, 0.05) is 5.39 Å². The summed E-state index contributed by atoms with van der Waals surface area (Å²) in [4.78, 5) is 0. The summed E-state index contributed by atoms with van der Waals surface area (Å²) in [6.45, 7) is 1.93. The number of ether oxygens (including phenoxy) is 1. The fraction of sp³-hybridized carbons (Fsp3) is 0.176. The van der Waals surface area contributed by atoms with Crippen molar-refractivity contribution in [3.8, 4) is 5.75 Å². The zero-order valence-corrected chi connectivity index (χ0v) is 11.9. The fourth-order valence-electron chi connectivity index (χ4n) is 2.31. The molecule has 21 heavy (non-hydrogen) atoms. The zero-order chi connectivity index (χ0) is 14.8. The van der Waals surface area contributed by atoms with Crippen molar-refractivity contribution >= 4 is 16.7 Å². The van der Waals surface area contributed by atoms with Gasteiger partial charge in [0.05, 0.1) is 18.8 Å². The minimum absolute atomic E-state index is 0.154. The number of methoxy groups -OCH3 is 1. The Morgan fingerprint density at radius 1 is 1.14 bits per heavy atom. The lowest BCUT2D eigenvalue weighted by Gasteiger charge is -2.13. The van der Waals surface area contributed by atoms with Crippen LogP contribution in [0, 0.1) is 5.82 Å². The Hall–Kier alpha value is -2.49. The lowest BCUT2D eigenvalue weighted by atomic mass is 10.2. The van der Waals surface area contributed by atoms with Gasteiger partial charge < -0.3 is 14.5 Å². The van der Waals surface area contributed by atoms with Gasteiger partial charge in [0.15, 0.2) is 11.3 Å². The molecule has 0 aliphatic carbocycles. The summed E-state index contributed by atoms with van der Waals surface area (Å²) in [5.74, 6) is 1.15. The molecule has 0 spiro atoms. The van der Waals surface area contributed by atoms with Crippen LogP contribution in [0.15, 0.2) is 52.9 Å². The Bertz CT molecular complexity index is 766. The molecule has 0 amide bonds. The van der Waals surface area contributed by atoms with Crippen molar-refractivity contribution in [3.63, 3.8) is 0 Å².